The molecule has 0 bridgehead atoms. The Morgan fingerprint density at radius 2 is 1.79 bits per heavy atom. The lowest BCUT2D eigenvalue weighted by atomic mass is 10.1. The molecule has 132 valence electrons. The number of carbonyl (C=O) groups is 2. The molecule has 0 atom stereocenters. The minimum atomic E-state index is -0.225. The molecule has 0 radical (unpaired) electrons. The quantitative estimate of drug-likeness (QED) is 0.749. The van der Waals surface area contributed by atoms with E-state index in [0.29, 0.717) is 28.7 Å². The van der Waals surface area contributed by atoms with E-state index in [0.717, 1.165) is 6.54 Å². The van der Waals surface area contributed by atoms with Crippen LogP contribution in [-0.4, -0.2) is 58.1 Å². The van der Waals surface area contributed by atoms with Crippen LogP contribution in [0.5, 0.6) is 11.5 Å². The molecule has 2 N–H and O–H groups in total. The summed E-state index contributed by atoms with van der Waals surface area (Å²) in [4.78, 5) is 26.0. The lowest BCUT2D eigenvalue weighted by Crippen LogP contribution is -2.30. The van der Waals surface area contributed by atoms with Gasteiger partial charge in [-0.05, 0) is 31.4 Å². The van der Waals surface area contributed by atoms with E-state index in [-0.39, 0.29) is 18.4 Å². The van der Waals surface area contributed by atoms with Crippen molar-refractivity contribution in [1.82, 2.24) is 10.2 Å². The van der Waals surface area contributed by atoms with Crippen molar-refractivity contribution in [3.8, 4) is 11.5 Å². The first-order valence-corrected chi connectivity index (χ1v) is 7.94. The molecule has 1 aromatic rings. The number of amides is 2. The highest BCUT2D eigenvalue weighted by Gasteiger charge is 2.22. The standard InChI is InChI=1S/C17H25N3O4/c1-20(2)17(22)12-7-14(23-3)15(24-4)8-13(12)19-16(21)10-18-9-11-5-6-11/h7-8,11,18H,5-6,9-10H2,1-4H3,(H,19,21). The van der Waals surface area contributed by atoms with Crippen LogP contribution in [0.15, 0.2) is 12.1 Å². The summed E-state index contributed by atoms with van der Waals surface area (Å²) in [6.07, 6.45) is 2.46. The molecule has 0 heterocycles. The lowest BCUT2D eigenvalue weighted by molar-refractivity contribution is -0.115. The zero-order chi connectivity index (χ0) is 17.7. The summed E-state index contributed by atoms with van der Waals surface area (Å²) in [5, 5.41) is 5.91. The first kappa shape index (κ1) is 18.1. The van der Waals surface area contributed by atoms with Crippen LogP contribution in [-0.2, 0) is 4.79 Å². The van der Waals surface area contributed by atoms with Crippen LogP contribution in [0.4, 0.5) is 5.69 Å². The minimum Gasteiger partial charge on any atom is -0.493 e. The number of benzene rings is 1. The van der Waals surface area contributed by atoms with E-state index in [9.17, 15) is 9.59 Å². The molecule has 1 aliphatic carbocycles. The summed E-state index contributed by atoms with van der Waals surface area (Å²) < 4.78 is 10.5. The summed E-state index contributed by atoms with van der Waals surface area (Å²) in [6.45, 7) is 1.06. The molecule has 1 aromatic carbocycles. The highest BCUT2D eigenvalue weighted by molar-refractivity contribution is 6.04. The second kappa shape index (κ2) is 8.01. The van der Waals surface area contributed by atoms with Gasteiger partial charge in [0, 0.05) is 20.2 Å². The predicted molar refractivity (Wildman–Crippen MR) is 91.8 cm³/mol. The van der Waals surface area contributed by atoms with Gasteiger partial charge in [-0.15, -0.1) is 0 Å². The highest BCUT2D eigenvalue weighted by atomic mass is 16.5. The van der Waals surface area contributed by atoms with Gasteiger partial charge in [0.15, 0.2) is 11.5 Å². The third kappa shape index (κ3) is 4.61. The molecule has 0 aromatic heterocycles. The van der Waals surface area contributed by atoms with Gasteiger partial charge in [0.2, 0.25) is 5.91 Å². The monoisotopic (exact) mass is 335 g/mol. The maximum Gasteiger partial charge on any atom is 0.255 e. The van der Waals surface area contributed by atoms with Gasteiger partial charge in [0.05, 0.1) is 32.0 Å². The summed E-state index contributed by atoms with van der Waals surface area (Å²) in [7, 11) is 6.32. The molecule has 0 spiro atoms. The smallest absolute Gasteiger partial charge is 0.255 e. The van der Waals surface area contributed by atoms with Gasteiger partial charge < -0.3 is 25.0 Å². The van der Waals surface area contributed by atoms with Gasteiger partial charge in [-0.3, -0.25) is 9.59 Å². The molecule has 0 unspecified atom stereocenters. The largest absolute Gasteiger partial charge is 0.493 e. The average Bonchev–Trinajstić information content (AvgIpc) is 3.37. The molecule has 2 rings (SSSR count). The molecule has 1 saturated carbocycles. The summed E-state index contributed by atoms with van der Waals surface area (Å²) >= 11 is 0. The van der Waals surface area contributed by atoms with E-state index < -0.39 is 0 Å². The average molecular weight is 335 g/mol. The molecular weight excluding hydrogens is 310 g/mol. The van der Waals surface area contributed by atoms with Gasteiger partial charge in [-0.1, -0.05) is 0 Å². The zero-order valence-electron chi connectivity index (χ0n) is 14.6. The van der Waals surface area contributed by atoms with E-state index in [1.54, 1.807) is 26.2 Å². The maximum atomic E-state index is 12.4. The number of nitrogens with zero attached hydrogens (tertiary/aromatic N) is 1. The van der Waals surface area contributed by atoms with Crippen LogP contribution in [0.2, 0.25) is 0 Å². The maximum absolute atomic E-state index is 12.4. The van der Waals surface area contributed by atoms with Crippen molar-refractivity contribution in [2.75, 3.05) is 46.7 Å². The number of ether oxygens (including phenoxy) is 2. The van der Waals surface area contributed by atoms with E-state index in [1.807, 2.05) is 0 Å². The molecule has 0 saturated heterocycles. The third-order valence-corrected chi connectivity index (χ3v) is 3.85. The Morgan fingerprint density at radius 1 is 1.17 bits per heavy atom. The molecule has 24 heavy (non-hydrogen) atoms. The topological polar surface area (TPSA) is 79.9 Å². The Bertz CT molecular complexity index is 612. The molecular formula is C17H25N3O4. The van der Waals surface area contributed by atoms with Crippen LogP contribution in [0.1, 0.15) is 23.2 Å². The third-order valence-electron chi connectivity index (χ3n) is 3.85. The summed E-state index contributed by atoms with van der Waals surface area (Å²) in [6, 6.07) is 3.18. The summed E-state index contributed by atoms with van der Waals surface area (Å²) in [5.74, 6) is 1.17. The fourth-order valence-electron chi connectivity index (χ4n) is 2.31. The Balaban J connectivity index is 2.17. The van der Waals surface area contributed by atoms with E-state index in [2.05, 4.69) is 10.6 Å². The van der Waals surface area contributed by atoms with Crippen LogP contribution in [0.3, 0.4) is 0 Å². The highest BCUT2D eigenvalue weighted by Crippen LogP contribution is 2.34. The van der Waals surface area contributed by atoms with Gasteiger partial charge in [0.1, 0.15) is 0 Å². The van der Waals surface area contributed by atoms with Gasteiger partial charge in [-0.2, -0.15) is 0 Å². The molecule has 7 nitrogen and oxygen atoms in total. The Hall–Kier alpha value is -2.28. The number of hydrogen-bond acceptors (Lipinski definition) is 5. The molecule has 1 aliphatic rings. The SMILES string of the molecule is COc1cc(NC(=O)CNCC2CC2)c(C(=O)N(C)C)cc1OC. The second-order valence-corrected chi connectivity index (χ2v) is 6.07. The van der Waals surface area contributed by atoms with Crippen LogP contribution < -0.4 is 20.1 Å². The number of nitrogens with one attached hydrogen (secondary N) is 2. The minimum absolute atomic E-state index is 0.198. The van der Waals surface area contributed by atoms with Gasteiger partial charge in [0.25, 0.3) is 5.91 Å². The first-order chi connectivity index (χ1) is 11.5. The second-order valence-electron chi connectivity index (χ2n) is 6.07. The molecule has 0 aliphatic heterocycles. The number of rotatable bonds is 8. The van der Waals surface area contributed by atoms with Gasteiger partial charge >= 0.3 is 0 Å². The van der Waals surface area contributed by atoms with Crippen molar-refractivity contribution in [2.24, 2.45) is 5.92 Å². The van der Waals surface area contributed by atoms with E-state index in [1.165, 1.54) is 32.0 Å². The van der Waals surface area contributed by atoms with Crippen molar-refractivity contribution in [1.29, 1.82) is 0 Å². The number of carbonyl (C=O) groups excluding carboxylic acids is 2. The number of anilines is 1. The number of hydrogen-bond donors (Lipinski definition) is 2. The first-order valence-electron chi connectivity index (χ1n) is 7.94. The lowest BCUT2D eigenvalue weighted by Gasteiger charge is -2.18. The predicted octanol–water partition coefficient (Wildman–Crippen LogP) is 1.34. The fourth-order valence-corrected chi connectivity index (χ4v) is 2.31. The van der Waals surface area contributed by atoms with Crippen LogP contribution in [0, 0.1) is 5.92 Å². The molecule has 2 amide bonds. The van der Waals surface area contributed by atoms with Crippen molar-refractivity contribution >= 4 is 17.5 Å². The fraction of sp³-hybridized carbons (Fsp3) is 0.529. The van der Waals surface area contributed by atoms with E-state index in [4.69, 9.17) is 9.47 Å². The molecule has 1 fully saturated rings. The van der Waals surface area contributed by atoms with Crippen LogP contribution in [0.25, 0.3) is 0 Å². The van der Waals surface area contributed by atoms with Crippen molar-refractivity contribution in [2.45, 2.75) is 12.8 Å². The van der Waals surface area contributed by atoms with Crippen molar-refractivity contribution < 1.29 is 19.1 Å². The molecule has 7 heteroatoms. The van der Waals surface area contributed by atoms with Crippen LogP contribution >= 0.6 is 0 Å². The Labute approximate surface area is 142 Å². The van der Waals surface area contributed by atoms with Crippen molar-refractivity contribution in [3.63, 3.8) is 0 Å². The van der Waals surface area contributed by atoms with Crippen molar-refractivity contribution in [3.05, 3.63) is 17.7 Å². The van der Waals surface area contributed by atoms with Gasteiger partial charge in [-0.25, -0.2) is 0 Å². The normalized spacial score (nSPS) is 13.3. The summed E-state index contributed by atoms with van der Waals surface area (Å²) in [5.41, 5.74) is 0.762. The zero-order valence-corrected chi connectivity index (χ0v) is 14.6. The van der Waals surface area contributed by atoms with E-state index >= 15 is 0 Å². The Kier molecular flexibility index (Phi) is 6.03. The Morgan fingerprint density at radius 3 is 2.33 bits per heavy atom. The number of methoxy groups -OCH3 is 2.